The summed E-state index contributed by atoms with van der Waals surface area (Å²) in [5, 5.41) is 11.9. The van der Waals surface area contributed by atoms with Crippen LogP contribution in [0.4, 0.5) is 5.69 Å². The zero-order valence-electron chi connectivity index (χ0n) is 13.0. The van der Waals surface area contributed by atoms with Crippen LogP contribution < -0.4 is 10.2 Å². The maximum atomic E-state index is 12.4. The number of rotatable bonds is 3. The summed E-state index contributed by atoms with van der Waals surface area (Å²) >= 11 is 0. The number of hydrogen-bond donors (Lipinski definition) is 2. The zero-order valence-corrected chi connectivity index (χ0v) is 13.0. The number of aliphatic carboxylic acids is 1. The monoisotopic (exact) mass is 316 g/mol. The number of nitrogens with zero attached hydrogens (tertiary/aromatic N) is 1. The Labute approximate surface area is 134 Å². The number of carboxylic acid groups (broad SMARTS) is 1. The van der Waals surface area contributed by atoms with Crippen LogP contribution in [0.25, 0.3) is 0 Å². The Balaban J connectivity index is 1.69. The Kier molecular flexibility index (Phi) is 4.07. The molecule has 2 atom stereocenters. The van der Waals surface area contributed by atoms with E-state index in [1.807, 2.05) is 6.07 Å². The molecular weight excluding hydrogens is 296 g/mol. The molecular formula is C17H20N2O4. The number of fused-ring (bicyclic) bond motifs is 1. The normalized spacial score (nSPS) is 23.5. The summed E-state index contributed by atoms with van der Waals surface area (Å²) in [4.78, 5) is 36.7. The fourth-order valence-electron chi connectivity index (χ4n) is 3.40. The third-order valence-corrected chi connectivity index (χ3v) is 4.80. The minimum atomic E-state index is -0.789. The van der Waals surface area contributed by atoms with Crippen LogP contribution in [-0.4, -0.2) is 36.0 Å². The molecule has 0 unspecified atom stereocenters. The molecule has 0 saturated heterocycles. The molecule has 3 rings (SSSR count). The van der Waals surface area contributed by atoms with Crippen molar-refractivity contribution >= 4 is 23.5 Å². The van der Waals surface area contributed by atoms with Crippen molar-refractivity contribution in [2.75, 3.05) is 11.9 Å². The topological polar surface area (TPSA) is 86.7 Å². The second kappa shape index (κ2) is 6.02. The van der Waals surface area contributed by atoms with Crippen molar-refractivity contribution in [3.05, 3.63) is 29.3 Å². The molecule has 122 valence electrons. The van der Waals surface area contributed by atoms with Gasteiger partial charge in [0.15, 0.2) is 0 Å². The fourth-order valence-corrected chi connectivity index (χ4v) is 3.40. The number of hydrogen-bond acceptors (Lipinski definition) is 3. The highest BCUT2D eigenvalue weighted by atomic mass is 16.4. The minimum absolute atomic E-state index is 0.0797. The van der Waals surface area contributed by atoms with E-state index >= 15 is 0 Å². The Hall–Kier alpha value is -2.37. The minimum Gasteiger partial charge on any atom is -0.481 e. The van der Waals surface area contributed by atoms with Gasteiger partial charge in [-0.2, -0.15) is 0 Å². The molecule has 1 heterocycles. The largest absolute Gasteiger partial charge is 0.481 e. The molecule has 1 aromatic rings. The van der Waals surface area contributed by atoms with Gasteiger partial charge in [0.25, 0.3) is 5.91 Å². The Morgan fingerprint density at radius 3 is 2.74 bits per heavy atom. The average molecular weight is 316 g/mol. The molecule has 0 spiro atoms. The molecule has 0 radical (unpaired) electrons. The van der Waals surface area contributed by atoms with Gasteiger partial charge in [-0.15, -0.1) is 0 Å². The number of carboxylic acids is 1. The summed E-state index contributed by atoms with van der Waals surface area (Å²) in [6, 6.07) is 5.27. The fraction of sp³-hybridized carbons (Fsp3) is 0.471. The van der Waals surface area contributed by atoms with E-state index in [0.717, 1.165) is 11.3 Å². The number of aryl methyl sites for hydroxylation is 1. The van der Waals surface area contributed by atoms with Crippen LogP contribution in [0.3, 0.4) is 0 Å². The predicted octanol–water partition coefficient (Wildman–Crippen LogP) is 1.58. The van der Waals surface area contributed by atoms with Crippen LogP contribution in [0, 0.1) is 5.92 Å². The van der Waals surface area contributed by atoms with E-state index in [-0.39, 0.29) is 23.8 Å². The number of amides is 2. The molecule has 1 aliphatic carbocycles. The van der Waals surface area contributed by atoms with Gasteiger partial charge in [-0.3, -0.25) is 14.4 Å². The third kappa shape index (κ3) is 3.06. The van der Waals surface area contributed by atoms with Crippen LogP contribution in [0.1, 0.15) is 41.6 Å². The maximum Gasteiger partial charge on any atom is 0.306 e. The first-order chi connectivity index (χ1) is 11.0. The summed E-state index contributed by atoms with van der Waals surface area (Å²) in [7, 11) is 1.74. The Morgan fingerprint density at radius 2 is 2.04 bits per heavy atom. The highest BCUT2D eigenvalue weighted by Crippen LogP contribution is 2.28. The van der Waals surface area contributed by atoms with E-state index in [2.05, 4.69) is 5.32 Å². The van der Waals surface area contributed by atoms with Crippen molar-refractivity contribution in [1.82, 2.24) is 5.32 Å². The first-order valence-corrected chi connectivity index (χ1v) is 7.89. The van der Waals surface area contributed by atoms with Crippen molar-refractivity contribution in [2.24, 2.45) is 5.92 Å². The number of benzene rings is 1. The van der Waals surface area contributed by atoms with Gasteiger partial charge in [-0.05, 0) is 49.4 Å². The molecule has 1 fully saturated rings. The summed E-state index contributed by atoms with van der Waals surface area (Å²) in [5.41, 5.74) is 2.41. The van der Waals surface area contributed by atoms with E-state index in [1.165, 1.54) is 0 Å². The first-order valence-electron chi connectivity index (χ1n) is 7.89. The van der Waals surface area contributed by atoms with Crippen LogP contribution in [0.5, 0.6) is 0 Å². The molecule has 1 saturated carbocycles. The number of nitrogens with one attached hydrogen (secondary N) is 1. The lowest BCUT2D eigenvalue weighted by atomic mass is 9.98. The molecule has 6 heteroatoms. The lowest BCUT2D eigenvalue weighted by Gasteiger charge is -2.26. The highest BCUT2D eigenvalue weighted by molar-refractivity contribution is 5.99. The highest BCUT2D eigenvalue weighted by Gasteiger charge is 2.31. The van der Waals surface area contributed by atoms with Gasteiger partial charge in [0.2, 0.25) is 5.91 Å². The lowest BCUT2D eigenvalue weighted by molar-refractivity contribution is -0.141. The van der Waals surface area contributed by atoms with Crippen molar-refractivity contribution < 1.29 is 19.5 Å². The second-order valence-corrected chi connectivity index (χ2v) is 6.31. The van der Waals surface area contributed by atoms with Crippen LogP contribution in [0.15, 0.2) is 18.2 Å². The molecule has 2 N–H and O–H groups in total. The van der Waals surface area contributed by atoms with Gasteiger partial charge >= 0.3 is 5.97 Å². The van der Waals surface area contributed by atoms with Gasteiger partial charge < -0.3 is 15.3 Å². The van der Waals surface area contributed by atoms with Crippen molar-refractivity contribution in [3.8, 4) is 0 Å². The molecule has 1 aliphatic heterocycles. The summed E-state index contributed by atoms with van der Waals surface area (Å²) in [6.07, 6.45) is 2.90. The third-order valence-electron chi connectivity index (χ3n) is 4.80. The van der Waals surface area contributed by atoms with E-state index in [4.69, 9.17) is 5.11 Å². The number of anilines is 1. The van der Waals surface area contributed by atoms with E-state index < -0.39 is 5.97 Å². The van der Waals surface area contributed by atoms with Crippen LogP contribution in [-0.2, 0) is 16.0 Å². The van der Waals surface area contributed by atoms with E-state index in [9.17, 15) is 14.4 Å². The molecule has 6 nitrogen and oxygen atoms in total. The zero-order chi connectivity index (χ0) is 16.6. The standard InChI is InChI=1S/C17H20N2O4/c1-19-14-6-3-11(8-10(14)4-7-15(19)20)16(21)18-13-5-2-12(9-13)17(22)23/h3,6,8,12-13H,2,4-5,7,9H2,1H3,(H,18,21)(H,22,23)/t12-,13+/m0/s1. The molecule has 23 heavy (non-hydrogen) atoms. The quantitative estimate of drug-likeness (QED) is 0.886. The average Bonchev–Trinajstić information content (AvgIpc) is 2.99. The molecule has 0 aromatic heterocycles. The summed E-state index contributed by atoms with van der Waals surface area (Å²) in [6.45, 7) is 0. The molecule has 2 aliphatic rings. The molecule has 1 aromatic carbocycles. The smallest absolute Gasteiger partial charge is 0.306 e. The van der Waals surface area contributed by atoms with Crippen LogP contribution >= 0.6 is 0 Å². The van der Waals surface area contributed by atoms with Gasteiger partial charge in [-0.25, -0.2) is 0 Å². The molecule has 0 bridgehead atoms. The molecule has 2 amide bonds. The Morgan fingerprint density at radius 1 is 1.26 bits per heavy atom. The van der Waals surface area contributed by atoms with Crippen molar-refractivity contribution in [3.63, 3.8) is 0 Å². The van der Waals surface area contributed by atoms with Gasteiger partial charge in [-0.1, -0.05) is 0 Å². The predicted molar refractivity (Wildman–Crippen MR) is 84.4 cm³/mol. The van der Waals surface area contributed by atoms with E-state index in [1.54, 1.807) is 24.1 Å². The number of carbonyl (C=O) groups is 3. The van der Waals surface area contributed by atoms with Crippen molar-refractivity contribution in [2.45, 2.75) is 38.1 Å². The Bertz CT molecular complexity index is 671. The summed E-state index contributed by atoms with van der Waals surface area (Å²) in [5.74, 6) is -1.24. The summed E-state index contributed by atoms with van der Waals surface area (Å²) < 4.78 is 0. The van der Waals surface area contributed by atoms with Gasteiger partial charge in [0.1, 0.15) is 0 Å². The van der Waals surface area contributed by atoms with Gasteiger partial charge in [0, 0.05) is 30.8 Å². The van der Waals surface area contributed by atoms with Crippen molar-refractivity contribution in [1.29, 1.82) is 0 Å². The van der Waals surface area contributed by atoms with Gasteiger partial charge in [0.05, 0.1) is 5.92 Å². The number of carbonyl (C=O) groups excluding carboxylic acids is 2. The van der Waals surface area contributed by atoms with Crippen LogP contribution in [0.2, 0.25) is 0 Å². The maximum absolute atomic E-state index is 12.4. The van der Waals surface area contributed by atoms with E-state index in [0.29, 0.717) is 37.7 Å². The second-order valence-electron chi connectivity index (χ2n) is 6.31. The SMILES string of the molecule is CN1C(=O)CCc2cc(C(=O)N[C@@H]3CC[C@H](C(=O)O)C3)ccc21. The first kappa shape index (κ1) is 15.5. The lowest BCUT2D eigenvalue weighted by Crippen LogP contribution is -2.34.